The van der Waals surface area contributed by atoms with Crippen LogP contribution in [0.1, 0.15) is 13.8 Å². The lowest BCUT2D eigenvalue weighted by atomic mass is 10.3. The molecule has 0 radical (unpaired) electrons. The van der Waals surface area contributed by atoms with Crippen molar-refractivity contribution in [2.75, 3.05) is 12.8 Å². The van der Waals surface area contributed by atoms with E-state index in [9.17, 15) is 4.79 Å². The number of nitrogens with zero attached hydrogens (tertiary/aromatic N) is 5. The summed E-state index contributed by atoms with van der Waals surface area (Å²) < 4.78 is 1.63. The van der Waals surface area contributed by atoms with Crippen molar-refractivity contribution in [3.8, 4) is 5.69 Å². The van der Waals surface area contributed by atoms with Crippen LogP contribution in [0, 0.1) is 0 Å². The van der Waals surface area contributed by atoms with Crippen LogP contribution in [0.3, 0.4) is 0 Å². The van der Waals surface area contributed by atoms with E-state index in [0.29, 0.717) is 10.9 Å². The molecule has 0 aliphatic heterocycles. The maximum absolute atomic E-state index is 12.0. The van der Waals surface area contributed by atoms with Crippen molar-refractivity contribution in [1.29, 1.82) is 0 Å². The van der Waals surface area contributed by atoms with Gasteiger partial charge in [0, 0.05) is 13.1 Å². The highest BCUT2D eigenvalue weighted by atomic mass is 32.2. The predicted octanol–water partition coefficient (Wildman–Crippen LogP) is 1.62. The maximum atomic E-state index is 12.0. The topological polar surface area (TPSA) is 63.9 Å². The van der Waals surface area contributed by atoms with Gasteiger partial charge in [0.1, 0.15) is 0 Å². The molecule has 20 heavy (non-hydrogen) atoms. The summed E-state index contributed by atoms with van der Waals surface area (Å²) in [6, 6.07) is 9.80. The summed E-state index contributed by atoms with van der Waals surface area (Å²) in [4.78, 5) is 13.7. The van der Waals surface area contributed by atoms with Crippen LogP contribution in [0.5, 0.6) is 0 Å². The van der Waals surface area contributed by atoms with Crippen LogP contribution < -0.4 is 0 Å². The molecule has 1 aromatic carbocycles. The molecule has 1 amide bonds. The van der Waals surface area contributed by atoms with Gasteiger partial charge in [-0.1, -0.05) is 30.0 Å². The molecule has 2 rings (SSSR count). The molecule has 0 atom stereocenters. The number of carbonyl (C=O) groups excluding carboxylic acids is 1. The standard InChI is InChI=1S/C13H17N5OS/c1-10(2)17(3)12(19)9-20-13-14-15-16-18(13)11-7-5-4-6-8-11/h4-8,10H,9H2,1-3H3. The molecule has 0 saturated carbocycles. The minimum Gasteiger partial charge on any atom is -0.343 e. The number of thioether (sulfide) groups is 1. The number of tetrazole rings is 1. The summed E-state index contributed by atoms with van der Waals surface area (Å²) >= 11 is 1.34. The average Bonchev–Trinajstić information content (AvgIpc) is 2.93. The first-order valence-electron chi connectivity index (χ1n) is 6.32. The van der Waals surface area contributed by atoms with Crippen molar-refractivity contribution in [2.45, 2.75) is 25.0 Å². The first-order valence-corrected chi connectivity index (χ1v) is 7.30. The van der Waals surface area contributed by atoms with Gasteiger partial charge in [-0.15, -0.1) is 5.10 Å². The van der Waals surface area contributed by atoms with Crippen LogP contribution in [0.4, 0.5) is 0 Å². The Morgan fingerprint density at radius 2 is 2.05 bits per heavy atom. The van der Waals surface area contributed by atoms with Gasteiger partial charge in [-0.05, 0) is 36.4 Å². The van der Waals surface area contributed by atoms with Crippen molar-refractivity contribution < 1.29 is 4.79 Å². The van der Waals surface area contributed by atoms with Crippen LogP contribution in [-0.2, 0) is 4.79 Å². The van der Waals surface area contributed by atoms with E-state index < -0.39 is 0 Å². The molecule has 0 spiro atoms. The zero-order valence-corrected chi connectivity index (χ0v) is 12.5. The molecule has 0 aliphatic carbocycles. The van der Waals surface area contributed by atoms with Gasteiger partial charge in [0.15, 0.2) is 0 Å². The van der Waals surface area contributed by atoms with Crippen LogP contribution in [-0.4, -0.2) is 49.9 Å². The summed E-state index contributed by atoms with van der Waals surface area (Å²) in [5, 5.41) is 12.2. The van der Waals surface area contributed by atoms with Crippen LogP contribution in [0.2, 0.25) is 0 Å². The third-order valence-corrected chi connectivity index (χ3v) is 3.84. The van der Waals surface area contributed by atoms with Gasteiger partial charge in [0.05, 0.1) is 11.4 Å². The van der Waals surface area contributed by atoms with Gasteiger partial charge in [0.2, 0.25) is 11.1 Å². The molecule has 0 unspecified atom stereocenters. The number of amides is 1. The summed E-state index contributed by atoms with van der Waals surface area (Å²) in [6.45, 7) is 3.97. The van der Waals surface area contributed by atoms with E-state index in [4.69, 9.17) is 0 Å². The fourth-order valence-corrected chi connectivity index (χ4v) is 2.33. The molecule has 2 aromatic rings. The molecule has 6 nitrogen and oxygen atoms in total. The Morgan fingerprint density at radius 1 is 1.35 bits per heavy atom. The van der Waals surface area contributed by atoms with E-state index in [1.54, 1.807) is 16.6 Å². The average molecular weight is 291 g/mol. The van der Waals surface area contributed by atoms with Crippen LogP contribution >= 0.6 is 11.8 Å². The van der Waals surface area contributed by atoms with Gasteiger partial charge in [0.25, 0.3) is 0 Å². The number of aromatic nitrogens is 4. The van der Waals surface area contributed by atoms with E-state index in [2.05, 4.69) is 15.5 Å². The summed E-state index contributed by atoms with van der Waals surface area (Å²) in [6.07, 6.45) is 0. The van der Waals surface area contributed by atoms with Crippen molar-refractivity contribution in [2.24, 2.45) is 0 Å². The zero-order valence-electron chi connectivity index (χ0n) is 11.7. The number of hydrogen-bond donors (Lipinski definition) is 0. The van der Waals surface area contributed by atoms with E-state index in [1.807, 2.05) is 44.2 Å². The first-order chi connectivity index (χ1) is 9.59. The molecule has 106 valence electrons. The highest BCUT2D eigenvalue weighted by Gasteiger charge is 2.15. The van der Waals surface area contributed by atoms with Gasteiger partial charge in [-0.2, -0.15) is 4.68 Å². The second-order valence-corrected chi connectivity index (χ2v) is 5.54. The zero-order chi connectivity index (χ0) is 14.5. The molecule has 0 aliphatic rings. The van der Waals surface area contributed by atoms with Crippen LogP contribution in [0.15, 0.2) is 35.5 Å². The van der Waals surface area contributed by atoms with E-state index in [-0.39, 0.29) is 11.9 Å². The molecular weight excluding hydrogens is 274 g/mol. The quantitative estimate of drug-likeness (QED) is 0.783. The monoisotopic (exact) mass is 291 g/mol. The van der Waals surface area contributed by atoms with Crippen molar-refractivity contribution in [1.82, 2.24) is 25.1 Å². The molecule has 0 saturated heterocycles. The normalized spacial score (nSPS) is 10.8. The lowest BCUT2D eigenvalue weighted by Gasteiger charge is -2.20. The summed E-state index contributed by atoms with van der Waals surface area (Å²) in [7, 11) is 1.80. The Balaban J connectivity index is 2.05. The third kappa shape index (κ3) is 3.36. The number of carbonyl (C=O) groups is 1. The Bertz CT molecular complexity index is 569. The smallest absolute Gasteiger partial charge is 0.233 e. The fraction of sp³-hybridized carbons (Fsp3) is 0.385. The highest BCUT2D eigenvalue weighted by molar-refractivity contribution is 7.99. The van der Waals surface area contributed by atoms with E-state index in [1.165, 1.54) is 11.8 Å². The van der Waals surface area contributed by atoms with Crippen molar-refractivity contribution in [3.05, 3.63) is 30.3 Å². The largest absolute Gasteiger partial charge is 0.343 e. The van der Waals surface area contributed by atoms with E-state index in [0.717, 1.165) is 5.69 Å². The minimum atomic E-state index is 0.0626. The Hall–Kier alpha value is -1.89. The van der Waals surface area contributed by atoms with Gasteiger partial charge in [-0.25, -0.2) is 0 Å². The molecule has 0 N–H and O–H groups in total. The van der Waals surface area contributed by atoms with Gasteiger partial charge >= 0.3 is 0 Å². The number of rotatable bonds is 5. The maximum Gasteiger partial charge on any atom is 0.233 e. The molecule has 0 fully saturated rings. The summed E-state index contributed by atoms with van der Waals surface area (Å²) in [5.74, 6) is 0.384. The number of benzene rings is 1. The van der Waals surface area contributed by atoms with Gasteiger partial charge < -0.3 is 4.90 Å². The molecule has 1 aromatic heterocycles. The molecule has 7 heteroatoms. The molecular formula is C13H17N5OS. The van der Waals surface area contributed by atoms with Crippen molar-refractivity contribution >= 4 is 17.7 Å². The lowest BCUT2D eigenvalue weighted by molar-refractivity contribution is -0.128. The van der Waals surface area contributed by atoms with Crippen LogP contribution in [0.25, 0.3) is 5.69 Å². The number of para-hydroxylation sites is 1. The second-order valence-electron chi connectivity index (χ2n) is 4.60. The summed E-state index contributed by atoms with van der Waals surface area (Å²) in [5.41, 5.74) is 0.879. The predicted molar refractivity (Wildman–Crippen MR) is 77.8 cm³/mol. The third-order valence-electron chi connectivity index (χ3n) is 2.93. The molecule has 0 bridgehead atoms. The Kier molecular flexibility index (Phi) is 4.73. The highest BCUT2D eigenvalue weighted by Crippen LogP contribution is 2.18. The van der Waals surface area contributed by atoms with Gasteiger partial charge in [-0.3, -0.25) is 4.79 Å². The van der Waals surface area contributed by atoms with E-state index >= 15 is 0 Å². The lowest BCUT2D eigenvalue weighted by Crippen LogP contribution is -2.34. The fourth-order valence-electron chi connectivity index (χ4n) is 1.52. The molecule has 1 heterocycles. The number of hydrogen-bond acceptors (Lipinski definition) is 5. The SMILES string of the molecule is CC(C)N(C)C(=O)CSc1nnnn1-c1ccccc1. The van der Waals surface area contributed by atoms with Crippen molar-refractivity contribution in [3.63, 3.8) is 0 Å². The Labute approximate surface area is 122 Å². The first kappa shape index (κ1) is 14.5. The Morgan fingerprint density at radius 3 is 2.70 bits per heavy atom. The second kappa shape index (κ2) is 6.51. The minimum absolute atomic E-state index is 0.0626.